The minimum atomic E-state index is -0.763. The number of amides is 4. The molecule has 6 nitrogen and oxygen atoms in total. The Morgan fingerprint density at radius 1 is 0.879 bits per heavy atom. The van der Waals surface area contributed by atoms with E-state index in [1.165, 1.54) is 5.56 Å². The molecule has 1 saturated heterocycles. The molecule has 4 rings (SSSR count). The molecule has 0 unspecified atom stereocenters. The summed E-state index contributed by atoms with van der Waals surface area (Å²) in [7, 11) is 0. The number of rotatable bonds is 3. The first-order valence-corrected chi connectivity index (χ1v) is 11.3. The summed E-state index contributed by atoms with van der Waals surface area (Å²) in [6.07, 6.45) is 1.56. The summed E-state index contributed by atoms with van der Waals surface area (Å²) in [4.78, 5) is 39.2. The van der Waals surface area contributed by atoms with Crippen LogP contribution in [0.3, 0.4) is 0 Å². The van der Waals surface area contributed by atoms with Gasteiger partial charge in [0.25, 0.3) is 11.8 Å². The molecular formula is C26H24BrN3O3. The molecule has 33 heavy (non-hydrogen) atoms. The van der Waals surface area contributed by atoms with E-state index in [0.717, 1.165) is 43.1 Å². The molecule has 0 bridgehead atoms. The number of nitrogens with zero attached hydrogens (tertiary/aromatic N) is 2. The van der Waals surface area contributed by atoms with Crippen LogP contribution in [-0.4, -0.2) is 22.4 Å². The number of anilines is 1. The van der Waals surface area contributed by atoms with E-state index in [4.69, 9.17) is 0 Å². The second-order valence-corrected chi connectivity index (χ2v) is 9.26. The molecular weight excluding hydrogens is 482 g/mol. The molecule has 1 aliphatic rings. The number of benzene rings is 2. The Morgan fingerprint density at radius 3 is 2.09 bits per heavy atom. The van der Waals surface area contributed by atoms with Crippen LogP contribution < -0.4 is 10.2 Å². The molecule has 3 aromatic rings. The number of imide groups is 2. The highest BCUT2D eigenvalue weighted by atomic mass is 79.9. The second-order valence-electron chi connectivity index (χ2n) is 8.34. The number of hydrogen-bond acceptors (Lipinski definition) is 3. The van der Waals surface area contributed by atoms with Gasteiger partial charge in [0.2, 0.25) is 0 Å². The Labute approximate surface area is 201 Å². The first kappa shape index (κ1) is 22.7. The number of carbonyl (C=O) groups excluding carboxylic acids is 3. The van der Waals surface area contributed by atoms with Gasteiger partial charge in [0, 0.05) is 15.9 Å². The first-order chi connectivity index (χ1) is 15.6. The van der Waals surface area contributed by atoms with Gasteiger partial charge >= 0.3 is 6.03 Å². The van der Waals surface area contributed by atoms with E-state index in [1.807, 2.05) is 19.9 Å². The van der Waals surface area contributed by atoms with E-state index in [1.54, 1.807) is 30.3 Å². The molecule has 1 N–H and O–H groups in total. The normalized spacial score (nSPS) is 15.4. The van der Waals surface area contributed by atoms with Crippen LogP contribution in [0.15, 0.2) is 52.5 Å². The monoisotopic (exact) mass is 505 g/mol. The molecule has 1 fully saturated rings. The summed E-state index contributed by atoms with van der Waals surface area (Å²) in [6, 6.07) is 12.2. The van der Waals surface area contributed by atoms with Crippen molar-refractivity contribution in [1.82, 2.24) is 9.88 Å². The molecule has 0 aliphatic carbocycles. The minimum Gasteiger partial charge on any atom is -0.317 e. The van der Waals surface area contributed by atoms with E-state index < -0.39 is 17.8 Å². The molecule has 7 heteroatoms. The van der Waals surface area contributed by atoms with E-state index in [0.29, 0.717) is 5.69 Å². The predicted molar refractivity (Wildman–Crippen MR) is 133 cm³/mol. The SMILES string of the molecule is Cc1cc(C)c(-n2c(C)cc(/C=C3\C(=O)NC(=O)N(c4ccc(Br)cc4)C3=O)c2C)c(C)c1. The van der Waals surface area contributed by atoms with Gasteiger partial charge in [-0.1, -0.05) is 33.6 Å². The fraction of sp³-hybridized carbons (Fsp3) is 0.192. The summed E-state index contributed by atoms with van der Waals surface area (Å²) < 4.78 is 2.95. The van der Waals surface area contributed by atoms with Gasteiger partial charge in [0.1, 0.15) is 5.57 Å². The van der Waals surface area contributed by atoms with Crippen molar-refractivity contribution in [3.8, 4) is 5.69 Å². The van der Waals surface area contributed by atoms with Crippen LogP contribution >= 0.6 is 15.9 Å². The topological polar surface area (TPSA) is 71.4 Å². The van der Waals surface area contributed by atoms with Crippen LogP contribution in [0.5, 0.6) is 0 Å². The van der Waals surface area contributed by atoms with Crippen molar-refractivity contribution < 1.29 is 14.4 Å². The molecule has 2 aromatic carbocycles. The van der Waals surface area contributed by atoms with E-state index in [-0.39, 0.29) is 5.57 Å². The summed E-state index contributed by atoms with van der Waals surface area (Å²) >= 11 is 3.34. The van der Waals surface area contributed by atoms with E-state index in [9.17, 15) is 14.4 Å². The number of aryl methyl sites for hydroxylation is 4. The summed E-state index contributed by atoms with van der Waals surface area (Å²) in [5.74, 6) is -1.36. The third-order valence-corrected chi connectivity index (χ3v) is 6.34. The van der Waals surface area contributed by atoms with Crippen molar-refractivity contribution in [2.24, 2.45) is 0 Å². The first-order valence-electron chi connectivity index (χ1n) is 10.5. The maximum atomic E-state index is 13.2. The molecule has 1 aromatic heterocycles. The van der Waals surface area contributed by atoms with E-state index >= 15 is 0 Å². The highest BCUT2D eigenvalue weighted by Gasteiger charge is 2.37. The summed E-state index contributed by atoms with van der Waals surface area (Å²) in [6.45, 7) is 10.2. The number of hydrogen-bond donors (Lipinski definition) is 1. The lowest BCUT2D eigenvalue weighted by Crippen LogP contribution is -2.54. The van der Waals surface area contributed by atoms with Gasteiger partial charge < -0.3 is 4.57 Å². The van der Waals surface area contributed by atoms with E-state index in [2.05, 4.69) is 58.7 Å². The highest BCUT2D eigenvalue weighted by Crippen LogP contribution is 2.29. The van der Waals surface area contributed by atoms with Crippen molar-refractivity contribution in [2.45, 2.75) is 34.6 Å². The van der Waals surface area contributed by atoms with Crippen molar-refractivity contribution in [1.29, 1.82) is 0 Å². The smallest absolute Gasteiger partial charge is 0.317 e. The largest absolute Gasteiger partial charge is 0.335 e. The molecule has 168 valence electrons. The van der Waals surface area contributed by atoms with Crippen LogP contribution in [0.4, 0.5) is 10.5 Å². The molecule has 0 saturated carbocycles. The Kier molecular flexibility index (Phi) is 5.84. The Morgan fingerprint density at radius 2 is 1.48 bits per heavy atom. The van der Waals surface area contributed by atoms with Crippen molar-refractivity contribution in [3.05, 3.63) is 86.2 Å². The lowest BCUT2D eigenvalue weighted by molar-refractivity contribution is -0.122. The molecule has 0 atom stereocenters. The average molecular weight is 506 g/mol. The average Bonchev–Trinajstić information content (AvgIpc) is 2.99. The van der Waals surface area contributed by atoms with Crippen LogP contribution in [-0.2, 0) is 9.59 Å². The van der Waals surface area contributed by atoms with Crippen molar-refractivity contribution in [2.75, 3.05) is 4.90 Å². The maximum Gasteiger partial charge on any atom is 0.335 e. The molecule has 4 amide bonds. The zero-order valence-electron chi connectivity index (χ0n) is 19.1. The maximum absolute atomic E-state index is 13.2. The van der Waals surface area contributed by atoms with Crippen LogP contribution in [0.1, 0.15) is 33.6 Å². The number of nitrogens with one attached hydrogen (secondary N) is 1. The van der Waals surface area contributed by atoms with Gasteiger partial charge in [0.05, 0.1) is 11.4 Å². The molecule has 2 heterocycles. The van der Waals surface area contributed by atoms with Crippen molar-refractivity contribution >= 4 is 45.5 Å². The standard InChI is InChI=1S/C26H24BrN3O3/c1-14-10-15(2)23(16(3)11-14)29-17(4)12-19(18(29)5)13-22-24(31)28-26(33)30(25(22)32)21-8-6-20(27)7-9-21/h6-13H,1-5H3,(H,28,31,33)/b22-13+. The Bertz CT molecular complexity index is 1330. The fourth-order valence-corrected chi connectivity index (χ4v) is 4.70. The number of halogens is 1. The summed E-state index contributed by atoms with van der Waals surface area (Å²) in [5.41, 5.74) is 7.51. The number of barbiturate groups is 1. The van der Waals surface area contributed by atoms with Gasteiger partial charge in [0.15, 0.2) is 0 Å². The van der Waals surface area contributed by atoms with Gasteiger partial charge in [-0.3, -0.25) is 14.9 Å². The minimum absolute atomic E-state index is 0.0879. The lowest BCUT2D eigenvalue weighted by Gasteiger charge is -2.26. The zero-order chi connectivity index (χ0) is 24.0. The summed E-state index contributed by atoms with van der Waals surface area (Å²) in [5, 5.41) is 2.28. The quantitative estimate of drug-likeness (QED) is 0.380. The Hall–Kier alpha value is -3.45. The predicted octanol–water partition coefficient (Wildman–Crippen LogP) is 5.45. The second kappa shape index (κ2) is 8.48. The zero-order valence-corrected chi connectivity index (χ0v) is 20.7. The third-order valence-electron chi connectivity index (χ3n) is 5.82. The molecule has 1 aliphatic heterocycles. The van der Waals surface area contributed by atoms with Gasteiger partial charge in [-0.15, -0.1) is 0 Å². The van der Waals surface area contributed by atoms with Crippen LogP contribution in [0.2, 0.25) is 0 Å². The molecule has 0 spiro atoms. The number of carbonyl (C=O) groups is 3. The molecule has 0 radical (unpaired) electrons. The van der Waals surface area contributed by atoms with Crippen molar-refractivity contribution in [3.63, 3.8) is 0 Å². The fourth-order valence-electron chi connectivity index (χ4n) is 4.44. The Balaban J connectivity index is 1.80. The van der Waals surface area contributed by atoms with Gasteiger partial charge in [-0.05, 0) is 87.7 Å². The van der Waals surface area contributed by atoms with Crippen LogP contribution in [0.25, 0.3) is 11.8 Å². The lowest BCUT2D eigenvalue weighted by atomic mass is 10.0. The van der Waals surface area contributed by atoms with Gasteiger partial charge in [-0.25, -0.2) is 9.69 Å². The number of aromatic nitrogens is 1. The van der Waals surface area contributed by atoms with Crippen LogP contribution in [0, 0.1) is 34.6 Å². The number of urea groups is 1. The van der Waals surface area contributed by atoms with Gasteiger partial charge in [-0.2, -0.15) is 0 Å². The third kappa shape index (κ3) is 4.04. The highest BCUT2D eigenvalue weighted by molar-refractivity contribution is 9.10.